The van der Waals surface area contributed by atoms with Crippen LogP contribution in [0.2, 0.25) is 0 Å². The van der Waals surface area contributed by atoms with Crippen molar-refractivity contribution in [3.05, 3.63) is 29.8 Å². The van der Waals surface area contributed by atoms with Crippen molar-refractivity contribution in [2.45, 2.75) is 13.3 Å². The van der Waals surface area contributed by atoms with Gasteiger partial charge in [-0.3, -0.25) is 9.59 Å². The molecule has 112 valence electrons. The van der Waals surface area contributed by atoms with Crippen LogP contribution in [0.5, 0.6) is 0 Å². The Kier molecular flexibility index (Phi) is 3.92. The van der Waals surface area contributed by atoms with Gasteiger partial charge in [-0.1, -0.05) is 18.2 Å². The highest BCUT2D eigenvalue weighted by Gasteiger charge is 2.37. The van der Waals surface area contributed by atoms with Gasteiger partial charge in [-0.2, -0.15) is 0 Å². The number of nitrogens with one attached hydrogen (secondary N) is 1. The molecule has 2 amide bonds. The Morgan fingerprint density at radius 1 is 1.24 bits per heavy atom. The van der Waals surface area contributed by atoms with E-state index in [0.29, 0.717) is 13.0 Å². The predicted molar refractivity (Wildman–Crippen MR) is 81.1 cm³/mol. The normalized spacial score (nSPS) is 22.7. The van der Waals surface area contributed by atoms with Gasteiger partial charge in [0.15, 0.2) is 0 Å². The number of carbonyl (C=O) groups excluding carboxylic acids is 2. The van der Waals surface area contributed by atoms with Crippen molar-refractivity contribution in [1.29, 1.82) is 0 Å². The van der Waals surface area contributed by atoms with Gasteiger partial charge in [-0.05, 0) is 18.6 Å². The summed E-state index contributed by atoms with van der Waals surface area (Å²) in [5.41, 5.74) is 2.00. The van der Waals surface area contributed by atoms with Crippen molar-refractivity contribution in [1.82, 2.24) is 10.2 Å². The summed E-state index contributed by atoms with van der Waals surface area (Å²) < 4.78 is 0. The summed E-state index contributed by atoms with van der Waals surface area (Å²) >= 11 is 0. The van der Waals surface area contributed by atoms with E-state index in [4.69, 9.17) is 0 Å². The quantitative estimate of drug-likeness (QED) is 0.874. The number of nitrogens with zero attached hydrogens (tertiary/aromatic N) is 2. The lowest BCUT2D eigenvalue weighted by molar-refractivity contribution is -0.136. The smallest absolute Gasteiger partial charge is 0.228 e. The summed E-state index contributed by atoms with van der Waals surface area (Å²) in [7, 11) is 0. The fraction of sp³-hybridized carbons (Fsp3) is 0.500. The third kappa shape index (κ3) is 2.78. The first kappa shape index (κ1) is 14.1. The van der Waals surface area contributed by atoms with Crippen molar-refractivity contribution in [3.8, 4) is 0 Å². The van der Waals surface area contributed by atoms with Gasteiger partial charge in [0.2, 0.25) is 11.8 Å². The first-order chi connectivity index (χ1) is 10.2. The molecule has 0 saturated carbocycles. The molecule has 2 saturated heterocycles. The van der Waals surface area contributed by atoms with Crippen LogP contribution in [0.4, 0.5) is 5.69 Å². The van der Waals surface area contributed by atoms with E-state index in [1.54, 1.807) is 4.90 Å². The Hall–Kier alpha value is -1.88. The maximum Gasteiger partial charge on any atom is 0.228 e. The average Bonchev–Trinajstić information content (AvgIpc) is 2.90. The van der Waals surface area contributed by atoms with Crippen LogP contribution >= 0.6 is 0 Å². The lowest BCUT2D eigenvalue weighted by Gasteiger charge is -2.29. The molecule has 0 radical (unpaired) electrons. The molecule has 0 spiro atoms. The number of carbonyl (C=O) groups is 2. The minimum Gasteiger partial charge on any atom is -0.340 e. The number of para-hydroxylation sites is 1. The lowest BCUT2D eigenvalue weighted by atomic mass is 10.1. The Bertz CT molecular complexity index is 552. The Balaban J connectivity index is 1.72. The Morgan fingerprint density at radius 2 is 1.95 bits per heavy atom. The van der Waals surface area contributed by atoms with Gasteiger partial charge >= 0.3 is 0 Å². The third-order valence-electron chi connectivity index (χ3n) is 4.31. The molecule has 0 aromatic heterocycles. The molecule has 1 aromatic rings. The second-order valence-corrected chi connectivity index (χ2v) is 5.77. The molecule has 1 aromatic carbocycles. The number of hydrogen-bond donors (Lipinski definition) is 1. The second-order valence-electron chi connectivity index (χ2n) is 5.77. The van der Waals surface area contributed by atoms with E-state index >= 15 is 0 Å². The molecule has 5 heteroatoms. The fourth-order valence-electron chi connectivity index (χ4n) is 3.12. The summed E-state index contributed by atoms with van der Waals surface area (Å²) in [6, 6.07) is 7.84. The minimum absolute atomic E-state index is 0.0535. The highest BCUT2D eigenvalue weighted by Crippen LogP contribution is 2.28. The van der Waals surface area contributed by atoms with E-state index in [1.807, 2.05) is 36.1 Å². The molecule has 2 fully saturated rings. The van der Waals surface area contributed by atoms with Crippen molar-refractivity contribution in [2.24, 2.45) is 5.92 Å². The number of aryl methyl sites for hydroxylation is 1. The van der Waals surface area contributed by atoms with Crippen LogP contribution in [0.1, 0.15) is 12.0 Å². The number of anilines is 1. The molecule has 0 bridgehead atoms. The molecule has 1 N–H and O–H groups in total. The van der Waals surface area contributed by atoms with Gasteiger partial charge in [0.05, 0.1) is 5.92 Å². The van der Waals surface area contributed by atoms with E-state index < -0.39 is 0 Å². The first-order valence-corrected chi connectivity index (χ1v) is 7.52. The molecule has 1 unspecified atom stereocenters. The van der Waals surface area contributed by atoms with Gasteiger partial charge in [-0.15, -0.1) is 0 Å². The molecule has 2 heterocycles. The zero-order chi connectivity index (χ0) is 14.8. The Morgan fingerprint density at radius 3 is 2.67 bits per heavy atom. The van der Waals surface area contributed by atoms with Crippen molar-refractivity contribution >= 4 is 17.5 Å². The molecule has 0 aliphatic carbocycles. The molecule has 2 aliphatic heterocycles. The molecular formula is C16H21N3O2. The zero-order valence-corrected chi connectivity index (χ0v) is 12.3. The maximum atomic E-state index is 12.5. The summed E-state index contributed by atoms with van der Waals surface area (Å²) in [5, 5.41) is 3.24. The maximum absolute atomic E-state index is 12.5. The summed E-state index contributed by atoms with van der Waals surface area (Å²) in [6.07, 6.45) is 0.330. The molecule has 2 aliphatic rings. The van der Waals surface area contributed by atoms with Crippen LogP contribution in [-0.4, -0.2) is 49.4 Å². The second kappa shape index (κ2) is 5.85. The lowest BCUT2D eigenvalue weighted by Crippen LogP contribution is -2.48. The number of hydrogen-bond acceptors (Lipinski definition) is 3. The monoisotopic (exact) mass is 287 g/mol. The summed E-state index contributed by atoms with van der Waals surface area (Å²) in [6.45, 7) is 5.67. The van der Waals surface area contributed by atoms with E-state index in [2.05, 4.69) is 5.32 Å². The molecule has 3 rings (SSSR count). The van der Waals surface area contributed by atoms with Crippen LogP contribution < -0.4 is 10.2 Å². The SMILES string of the molecule is Cc1ccccc1N1CC(C(=O)N2CCNCC2)CC1=O. The van der Waals surface area contributed by atoms with Gasteiger partial charge in [0.1, 0.15) is 0 Å². The average molecular weight is 287 g/mol. The minimum atomic E-state index is -0.199. The Labute approximate surface area is 124 Å². The van der Waals surface area contributed by atoms with E-state index in [1.165, 1.54) is 0 Å². The third-order valence-corrected chi connectivity index (χ3v) is 4.31. The van der Waals surface area contributed by atoms with Crippen molar-refractivity contribution < 1.29 is 9.59 Å². The van der Waals surface area contributed by atoms with Crippen LogP contribution in [0.25, 0.3) is 0 Å². The van der Waals surface area contributed by atoms with Gasteiger partial charge in [0.25, 0.3) is 0 Å². The number of piperazine rings is 1. The predicted octanol–water partition coefficient (Wildman–Crippen LogP) is 0.780. The van der Waals surface area contributed by atoms with Gasteiger partial charge in [0, 0.05) is 44.8 Å². The van der Waals surface area contributed by atoms with E-state index in [0.717, 1.165) is 37.4 Å². The van der Waals surface area contributed by atoms with E-state index in [-0.39, 0.29) is 17.7 Å². The first-order valence-electron chi connectivity index (χ1n) is 7.52. The molecule has 1 atom stereocenters. The van der Waals surface area contributed by atoms with Crippen LogP contribution in [0, 0.1) is 12.8 Å². The summed E-state index contributed by atoms with van der Waals surface area (Å²) in [4.78, 5) is 28.4. The van der Waals surface area contributed by atoms with Gasteiger partial charge < -0.3 is 15.1 Å². The zero-order valence-electron chi connectivity index (χ0n) is 12.3. The molecule has 5 nitrogen and oxygen atoms in total. The van der Waals surface area contributed by atoms with Crippen molar-refractivity contribution in [2.75, 3.05) is 37.6 Å². The number of amides is 2. The molecule has 21 heavy (non-hydrogen) atoms. The van der Waals surface area contributed by atoms with E-state index in [9.17, 15) is 9.59 Å². The number of benzene rings is 1. The van der Waals surface area contributed by atoms with Crippen molar-refractivity contribution in [3.63, 3.8) is 0 Å². The van der Waals surface area contributed by atoms with Crippen LogP contribution in [0.15, 0.2) is 24.3 Å². The largest absolute Gasteiger partial charge is 0.340 e. The number of rotatable bonds is 2. The summed E-state index contributed by atoms with van der Waals surface area (Å²) in [5.74, 6) is -0.0195. The van der Waals surface area contributed by atoms with Gasteiger partial charge in [-0.25, -0.2) is 0 Å². The van der Waals surface area contributed by atoms with Crippen LogP contribution in [-0.2, 0) is 9.59 Å². The fourth-order valence-corrected chi connectivity index (χ4v) is 3.12. The highest BCUT2D eigenvalue weighted by atomic mass is 16.2. The van der Waals surface area contributed by atoms with Crippen LogP contribution in [0.3, 0.4) is 0 Å². The topological polar surface area (TPSA) is 52.7 Å². The highest BCUT2D eigenvalue weighted by molar-refractivity contribution is 6.00. The standard InChI is InChI=1S/C16H21N3O2/c1-12-4-2-3-5-14(12)19-11-13(10-15(19)20)16(21)18-8-6-17-7-9-18/h2-5,13,17H,6-11H2,1H3. The molecular weight excluding hydrogens is 266 g/mol.